The van der Waals surface area contributed by atoms with Crippen LogP contribution in [0.25, 0.3) is 0 Å². The lowest BCUT2D eigenvalue weighted by Gasteiger charge is -2.32. The first-order valence-electron chi connectivity index (χ1n) is 7.53. The van der Waals surface area contributed by atoms with Gasteiger partial charge in [-0.25, -0.2) is 8.42 Å². The third kappa shape index (κ3) is 3.47. The summed E-state index contributed by atoms with van der Waals surface area (Å²) in [5, 5.41) is 9.94. The number of nitrogens with two attached hydrogens (primary N) is 1. The summed E-state index contributed by atoms with van der Waals surface area (Å²) in [4.78, 5) is 0. The van der Waals surface area contributed by atoms with Gasteiger partial charge in [-0.1, -0.05) is 24.6 Å². The van der Waals surface area contributed by atoms with Crippen molar-refractivity contribution in [1.82, 2.24) is 0 Å². The molecule has 1 aliphatic rings. The lowest BCUT2D eigenvalue weighted by atomic mass is 9.88. The largest absolute Gasteiger partial charge is 0.391 e. The van der Waals surface area contributed by atoms with Gasteiger partial charge in [0.05, 0.1) is 17.1 Å². The van der Waals surface area contributed by atoms with Crippen molar-refractivity contribution in [3.05, 3.63) is 34.9 Å². The third-order valence-electron chi connectivity index (χ3n) is 4.63. The number of hydrogen-bond donors (Lipinski definition) is 2. The molecule has 118 valence electrons. The highest BCUT2D eigenvalue weighted by Gasteiger charge is 2.38. The van der Waals surface area contributed by atoms with Crippen LogP contribution in [0.15, 0.2) is 18.2 Å². The van der Waals surface area contributed by atoms with Crippen molar-refractivity contribution in [2.75, 3.05) is 12.3 Å². The maximum atomic E-state index is 12.2. The molecule has 21 heavy (non-hydrogen) atoms. The zero-order valence-electron chi connectivity index (χ0n) is 12.7. The van der Waals surface area contributed by atoms with E-state index < -0.39 is 21.2 Å². The van der Waals surface area contributed by atoms with Gasteiger partial charge in [-0.3, -0.25) is 0 Å². The second-order valence-corrected chi connectivity index (χ2v) is 8.42. The fourth-order valence-corrected chi connectivity index (χ4v) is 5.14. The second kappa shape index (κ2) is 6.46. The highest BCUT2D eigenvalue weighted by atomic mass is 32.2. The van der Waals surface area contributed by atoms with E-state index in [0.717, 1.165) is 17.5 Å². The highest BCUT2D eigenvalue weighted by Crippen LogP contribution is 2.30. The summed E-state index contributed by atoms with van der Waals surface area (Å²) in [5.41, 5.74) is 9.06. The van der Waals surface area contributed by atoms with Crippen molar-refractivity contribution in [1.29, 1.82) is 0 Å². The van der Waals surface area contributed by atoms with Crippen molar-refractivity contribution in [2.45, 2.75) is 50.4 Å². The third-order valence-corrected chi connectivity index (χ3v) is 6.93. The van der Waals surface area contributed by atoms with Crippen molar-refractivity contribution < 1.29 is 13.5 Å². The summed E-state index contributed by atoms with van der Waals surface area (Å²) in [6.45, 7) is 4.28. The van der Waals surface area contributed by atoms with Crippen LogP contribution in [0, 0.1) is 13.8 Å². The van der Waals surface area contributed by atoms with Gasteiger partial charge in [0.2, 0.25) is 0 Å². The Bertz CT molecular complexity index is 598. The van der Waals surface area contributed by atoms with Gasteiger partial charge in [-0.2, -0.15) is 0 Å². The molecule has 4 nitrogen and oxygen atoms in total. The smallest absolute Gasteiger partial charge is 0.155 e. The Kier molecular flexibility index (Phi) is 5.07. The Labute approximate surface area is 127 Å². The Morgan fingerprint density at radius 3 is 2.57 bits per heavy atom. The van der Waals surface area contributed by atoms with Crippen LogP contribution >= 0.6 is 0 Å². The molecule has 0 spiro atoms. The molecule has 1 heterocycles. The topological polar surface area (TPSA) is 80.4 Å². The summed E-state index contributed by atoms with van der Waals surface area (Å²) in [7, 11) is -3.21. The van der Waals surface area contributed by atoms with Gasteiger partial charge in [0, 0.05) is 12.5 Å². The van der Waals surface area contributed by atoms with E-state index in [0.29, 0.717) is 12.8 Å². The van der Waals surface area contributed by atoms with Crippen LogP contribution in [-0.4, -0.2) is 37.2 Å². The molecule has 0 amide bonds. The molecule has 0 aliphatic carbocycles. The number of benzene rings is 1. The predicted molar refractivity (Wildman–Crippen MR) is 85.1 cm³/mol. The maximum absolute atomic E-state index is 12.2. The van der Waals surface area contributed by atoms with Gasteiger partial charge in [-0.05, 0) is 43.4 Å². The SMILES string of the molecule is Cc1ccc(C(CN)C(O)C2CCCCS2(=O)=O)cc1C. The van der Waals surface area contributed by atoms with E-state index in [-0.39, 0.29) is 18.2 Å². The van der Waals surface area contributed by atoms with Gasteiger partial charge in [0.1, 0.15) is 0 Å². The summed E-state index contributed by atoms with van der Waals surface area (Å²) >= 11 is 0. The van der Waals surface area contributed by atoms with Gasteiger partial charge < -0.3 is 10.8 Å². The molecule has 2 rings (SSSR count). The van der Waals surface area contributed by atoms with Crippen molar-refractivity contribution >= 4 is 9.84 Å². The molecule has 5 heteroatoms. The summed E-state index contributed by atoms with van der Waals surface area (Å²) in [5.74, 6) is -0.152. The lowest BCUT2D eigenvalue weighted by Crippen LogP contribution is -2.43. The molecular weight excluding hydrogens is 286 g/mol. The van der Waals surface area contributed by atoms with Crippen LogP contribution in [-0.2, 0) is 9.84 Å². The normalized spacial score (nSPS) is 24.5. The molecular formula is C16H25NO3S. The molecule has 0 aromatic heterocycles. The van der Waals surface area contributed by atoms with Crippen LogP contribution in [0.1, 0.15) is 41.9 Å². The van der Waals surface area contributed by atoms with Crippen molar-refractivity contribution in [3.63, 3.8) is 0 Å². The summed E-state index contributed by atoms with van der Waals surface area (Å²) in [6.07, 6.45) is 1.15. The summed E-state index contributed by atoms with van der Waals surface area (Å²) < 4.78 is 24.4. The Hall–Kier alpha value is -0.910. The molecule has 0 radical (unpaired) electrons. The van der Waals surface area contributed by atoms with Crippen LogP contribution in [0.3, 0.4) is 0 Å². The molecule has 1 fully saturated rings. The number of aliphatic hydroxyl groups excluding tert-OH is 1. The van der Waals surface area contributed by atoms with E-state index in [1.54, 1.807) is 0 Å². The van der Waals surface area contributed by atoms with E-state index in [1.807, 2.05) is 32.0 Å². The molecule has 3 atom stereocenters. The first kappa shape index (κ1) is 16.5. The van der Waals surface area contributed by atoms with Gasteiger partial charge >= 0.3 is 0 Å². The van der Waals surface area contributed by atoms with Gasteiger partial charge in [0.15, 0.2) is 9.84 Å². The molecule has 1 aromatic rings. The average Bonchev–Trinajstić information content (AvgIpc) is 2.43. The van der Waals surface area contributed by atoms with Crippen LogP contribution in [0.5, 0.6) is 0 Å². The average molecular weight is 311 g/mol. The zero-order valence-corrected chi connectivity index (χ0v) is 13.6. The van der Waals surface area contributed by atoms with Crippen LogP contribution < -0.4 is 5.73 Å². The number of aryl methyl sites for hydroxylation is 2. The van der Waals surface area contributed by atoms with Gasteiger partial charge in [0.25, 0.3) is 0 Å². The van der Waals surface area contributed by atoms with Crippen LogP contribution in [0.4, 0.5) is 0 Å². The molecule has 0 saturated carbocycles. The van der Waals surface area contributed by atoms with Crippen molar-refractivity contribution in [2.24, 2.45) is 5.73 Å². The number of rotatable bonds is 4. The van der Waals surface area contributed by atoms with Crippen LogP contribution in [0.2, 0.25) is 0 Å². The van der Waals surface area contributed by atoms with Crippen molar-refractivity contribution in [3.8, 4) is 0 Å². The molecule has 0 bridgehead atoms. The Morgan fingerprint density at radius 2 is 2.00 bits per heavy atom. The lowest BCUT2D eigenvalue weighted by molar-refractivity contribution is 0.133. The fraction of sp³-hybridized carbons (Fsp3) is 0.625. The minimum absolute atomic E-state index is 0.180. The van der Waals surface area contributed by atoms with E-state index in [9.17, 15) is 13.5 Å². The quantitative estimate of drug-likeness (QED) is 0.886. The Balaban J connectivity index is 2.29. The highest BCUT2D eigenvalue weighted by molar-refractivity contribution is 7.92. The zero-order chi connectivity index (χ0) is 15.6. The minimum Gasteiger partial charge on any atom is -0.391 e. The number of hydrogen-bond acceptors (Lipinski definition) is 4. The van der Waals surface area contributed by atoms with E-state index in [1.165, 1.54) is 5.56 Å². The first-order valence-corrected chi connectivity index (χ1v) is 9.25. The first-order chi connectivity index (χ1) is 9.86. The Morgan fingerprint density at radius 1 is 1.29 bits per heavy atom. The fourth-order valence-electron chi connectivity index (χ4n) is 3.09. The molecule has 1 saturated heterocycles. The molecule has 3 N–H and O–H groups in total. The number of aliphatic hydroxyl groups is 1. The monoisotopic (exact) mass is 311 g/mol. The second-order valence-electron chi connectivity index (χ2n) is 6.08. The minimum atomic E-state index is -3.21. The summed E-state index contributed by atoms with van der Waals surface area (Å²) in [6, 6.07) is 5.94. The predicted octanol–water partition coefficient (Wildman–Crippen LogP) is 1.67. The van der Waals surface area contributed by atoms with Gasteiger partial charge in [-0.15, -0.1) is 0 Å². The maximum Gasteiger partial charge on any atom is 0.155 e. The molecule has 1 aliphatic heterocycles. The van der Waals surface area contributed by atoms with E-state index >= 15 is 0 Å². The molecule has 1 aromatic carbocycles. The molecule has 3 unspecified atom stereocenters. The van der Waals surface area contributed by atoms with E-state index in [4.69, 9.17) is 5.73 Å². The van der Waals surface area contributed by atoms with E-state index in [2.05, 4.69) is 0 Å². The standard InChI is InChI=1S/C16H25NO3S/c1-11-6-7-13(9-12(11)2)14(10-17)16(18)15-5-3-4-8-21(15,19)20/h6-7,9,14-16,18H,3-5,8,10,17H2,1-2H3. The number of sulfone groups is 1.